The lowest BCUT2D eigenvalue weighted by atomic mass is 10.3. The second kappa shape index (κ2) is 4.11. The highest BCUT2D eigenvalue weighted by atomic mass is 32.1. The van der Waals surface area contributed by atoms with Crippen LogP contribution < -0.4 is 5.73 Å². The average Bonchev–Trinajstić information content (AvgIpc) is 2.36. The summed E-state index contributed by atoms with van der Waals surface area (Å²) in [6.07, 6.45) is 0.329. The van der Waals surface area contributed by atoms with Crippen LogP contribution in [0.3, 0.4) is 0 Å². The molecule has 0 aliphatic carbocycles. The van der Waals surface area contributed by atoms with Crippen LogP contribution in [0.4, 0.5) is 5.00 Å². The van der Waals surface area contributed by atoms with E-state index in [4.69, 9.17) is 10.5 Å². The highest BCUT2D eigenvalue weighted by Crippen LogP contribution is 2.18. The fraction of sp³-hybridized carbons (Fsp3) is 0.375. The van der Waals surface area contributed by atoms with E-state index < -0.39 is 0 Å². The third kappa shape index (κ3) is 2.54. The minimum atomic E-state index is -0.195. The Balaban J connectivity index is 2.46. The number of thiophene rings is 1. The molecule has 66 valence electrons. The van der Waals surface area contributed by atoms with Gasteiger partial charge in [0.25, 0.3) is 0 Å². The highest BCUT2D eigenvalue weighted by Gasteiger charge is 2.05. The van der Waals surface area contributed by atoms with Gasteiger partial charge < -0.3 is 10.5 Å². The molecule has 0 saturated heterocycles. The van der Waals surface area contributed by atoms with Crippen molar-refractivity contribution in [3.05, 3.63) is 17.0 Å². The average molecular weight is 185 g/mol. The molecule has 1 aromatic rings. The molecule has 0 bridgehead atoms. The second-order valence-corrected chi connectivity index (χ2v) is 3.49. The Morgan fingerprint density at radius 2 is 2.42 bits per heavy atom. The van der Waals surface area contributed by atoms with Gasteiger partial charge in [0.15, 0.2) is 0 Å². The summed E-state index contributed by atoms with van der Waals surface area (Å²) in [6, 6.07) is 3.64. The first-order chi connectivity index (χ1) is 5.72. The molecule has 0 fully saturated rings. The van der Waals surface area contributed by atoms with Crippen molar-refractivity contribution in [3.8, 4) is 0 Å². The zero-order valence-corrected chi connectivity index (χ0v) is 7.69. The fourth-order valence-corrected chi connectivity index (χ4v) is 1.61. The topological polar surface area (TPSA) is 52.3 Å². The van der Waals surface area contributed by atoms with E-state index in [0.29, 0.717) is 13.0 Å². The van der Waals surface area contributed by atoms with Gasteiger partial charge >= 0.3 is 5.97 Å². The van der Waals surface area contributed by atoms with E-state index in [1.54, 1.807) is 13.0 Å². The van der Waals surface area contributed by atoms with Gasteiger partial charge in [-0.1, -0.05) is 0 Å². The van der Waals surface area contributed by atoms with E-state index in [1.807, 2.05) is 6.07 Å². The summed E-state index contributed by atoms with van der Waals surface area (Å²) in [6.45, 7) is 2.22. The Morgan fingerprint density at radius 1 is 1.67 bits per heavy atom. The Labute approximate surface area is 75.1 Å². The summed E-state index contributed by atoms with van der Waals surface area (Å²) in [5, 5.41) is 0.731. The first-order valence-corrected chi connectivity index (χ1v) is 4.54. The molecule has 0 spiro atoms. The van der Waals surface area contributed by atoms with Crippen molar-refractivity contribution in [3.63, 3.8) is 0 Å². The lowest BCUT2D eigenvalue weighted by Crippen LogP contribution is -2.05. The van der Waals surface area contributed by atoms with Crippen LogP contribution in [0.5, 0.6) is 0 Å². The Bertz CT molecular complexity index is 270. The Hall–Kier alpha value is -1.03. The van der Waals surface area contributed by atoms with Crippen molar-refractivity contribution >= 4 is 22.3 Å². The molecular formula is C8H11NO2S. The number of nitrogen functional groups attached to an aromatic ring is 1. The van der Waals surface area contributed by atoms with Crippen LogP contribution in [-0.4, -0.2) is 12.6 Å². The molecule has 0 aliphatic rings. The number of ether oxygens (including phenoxy) is 1. The van der Waals surface area contributed by atoms with Crippen molar-refractivity contribution in [2.75, 3.05) is 12.3 Å². The minimum Gasteiger partial charge on any atom is -0.466 e. The van der Waals surface area contributed by atoms with Gasteiger partial charge in [-0.05, 0) is 19.1 Å². The number of carbonyl (C=O) groups is 1. The molecule has 4 heteroatoms. The standard InChI is InChI=1S/C8H11NO2S/c1-2-11-8(10)5-6-3-4-7(9)12-6/h3-4H,2,5,9H2,1H3. The monoisotopic (exact) mass is 185 g/mol. The third-order valence-electron chi connectivity index (χ3n) is 1.31. The molecule has 1 aromatic heterocycles. The maximum atomic E-state index is 11.0. The Kier molecular flexibility index (Phi) is 3.10. The quantitative estimate of drug-likeness (QED) is 0.725. The minimum absolute atomic E-state index is 0.195. The van der Waals surface area contributed by atoms with Crippen molar-refractivity contribution in [2.45, 2.75) is 13.3 Å². The molecule has 0 aromatic carbocycles. The SMILES string of the molecule is CCOC(=O)Cc1ccc(N)s1. The van der Waals surface area contributed by atoms with Crippen LogP contribution in [0.2, 0.25) is 0 Å². The fourth-order valence-electron chi connectivity index (χ4n) is 0.844. The third-order valence-corrected chi connectivity index (χ3v) is 2.22. The first kappa shape index (κ1) is 9.06. The second-order valence-electron chi connectivity index (χ2n) is 2.29. The lowest BCUT2D eigenvalue weighted by molar-refractivity contribution is -0.142. The molecule has 12 heavy (non-hydrogen) atoms. The van der Waals surface area contributed by atoms with Crippen LogP contribution in [0.1, 0.15) is 11.8 Å². The van der Waals surface area contributed by atoms with Crippen LogP contribution >= 0.6 is 11.3 Å². The van der Waals surface area contributed by atoms with Crippen molar-refractivity contribution in [1.82, 2.24) is 0 Å². The summed E-state index contributed by atoms with van der Waals surface area (Å²) < 4.78 is 4.78. The molecule has 0 aliphatic heterocycles. The molecule has 1 heterocycles. The number of carbonyl (C=O) groups excluding carboxylic acids is 1. The summed E-state index contributed by atoms with van der Waals surface area (Å²) in [7, 11) is 0. The molecule has 0 atom stereocenters. The van der Waals surface area contributed by atoms with E-state index in [2.05, 4.69) is 0 Å². The van der Waals surface area contributed by atoms with Gasteiger partial charge in [-0.3, -0.25) is 4.79 Å². The van der Waals surface area contributed by atoms with Crippen LogP contribution in [0, 0.1) is 0 Å². The number of rotatable bonds is 3. The van der Waals surface area contributed by atoms with E-state index in [9.17, 15) is 4.79 Å². The normalized spacial score (nSPS) is 9.75. The zero-order valence-electron chi connectivity index (χ0n) is 6.87. The molecule has 0 saturated carbocycles. The number of anilines is 1. The van der Waals surface area contributed by atoms with Gasteiger partial charge in [-0.15, -0.1) is 11.3 Å². The van der Waals surface area contributed by atoms with E-state index in [1.165, 1.54) is 11.3 Å². The number of nitrogens with two attached hydrogens (primary N) is 1. The van der Waals surface area contributed by atoms with Crippen molar-refractivity contribution < 1.29 is 9.53 Å². The number of hydrogen-bond acceptors (Lipinski definition) is 4. The maximum Gasteiger partial charge on any atom is 0.311 e. The summed E-state index contributed by atoms with van der Waals surface area (Å²) in [5.74, 6) is -0.195. The van der Waals surface area contributed by atoms with Gasteiger partial charge in [-0.25, -0.2) is 0 Å². The molecule has 1 rings (SSSR count). The molecule has 2 N–H and O–H groups in total. The Morgan fingerprint density at radius 3 is 2.92 bits per heavy atom. The summed E-state index contributed by atoms with van der Waals surface area (Å²) in [5.41, 5.74) is 5.49. The first-order valence-electron chi connectivity index (χ1n) is 3.72. The van der Waals surface area contributed by atoms with Gasteiger partial charge in [0, 0.05) is 4.88 Å². The van der Waals surface area contributed by atoms with Gasteiger partial charge in [0.05, 0.1) is 18.0 Å². The lowest BCUT2D eigenvalue weighted by Gasteiger charge is -1.97. The van der Waals surface area contributed by atoms with Crippen LogP contribution in [0.25, 0.3) is 0 Å². The van der Waals surface area contributed by atoms with E-state index >= 15 is 0 Å². The molecule has 3 nitrogen and oxygen atoms in total. The highest BCUT2D eigenvalue weighted by molar-refractivity contribution is 7.15. The molecule has 0 amide bonds. The largest absolute Gasteiger partial charge is 0.466 e. The predicted molar refractivity (Wildman–Crippen MR) is 49.1 cm³/mol. The van der Waals surface area contributed by atoms with Gasteiger partial charge in [0.1, 0.15) is 0 Å². The predicted octanol–water partition coefficient (Wildman–Crippen LogP) is 1.44. The number of hydrogen-bond donors (Lipinski definition) is 1. The van der Waals surface area contributed by atoms with E-state index in [0.717, 1.165) is 9.88 Å². The molecule has 0 radical (unpaired) electrons. The molecular weight excluding hydrogens is 174 g/mol. The van der Waals surface area contributed by atoms with Gasteiger partial charge in [0.2, 0.25) is 0 Å². The number of esters is 1. The van der Waals surface area contributed by atoms with E-state index in [-0.39, 0.29) is 5.97 Å². The van der Waals surface area contributed by atoms with Crippen LogP contribution in [-0.2, 0) is 16.0 Å². The van der Waals surface area contributed by atoms with Crippen LogP contribution in [0.15, 0.2) is 12.1 Å². The van der Waals surface area contributed by atoms with Gasteiger partial charge in [-0.2, -0.15) is 0 Å². The van der Waals surface area contributed by atoms with Crippen molar-refractivity contribution in [1.29, 1.82) is 0 Å². The summed E-state index contributed by atoms with van der Waals surface area (Å²) in [4.78, 5) is 11.9. The smallest absolute Gasteiger partial charge is 0.311 e. The summed E-state index contributed by atoms with van der Waals surface area (Å²) >= 11 is 1.42. The van der Waals surface area contributed by atoms with Crippen molar-refractivity contribution in [2.24, 2.45) is 0 Å². The zero-order chi connectivity index (χ0) is 8.97. The molecule has 0 unspecified atom stereocenters. The maximum absolute atomic E-state index is 11.0.